The lowest BCUT2D eigenvalue weighted by Gasteiger charge is -2.12. The molecule has 2 aromatic carbocycles. The topological polar surface area (TPSA) is 96.3 Å². The van der Waals surface area contributed by atoms with Crippen LogP contribution in [-0.4, -0.2) is 17.1 Å². The van der Waals surface area contributed by atoms with Crippen LogP contribution >= 0.6 is 0 Å². The molecule has 0 saturated heterocycles. The van der Waals surface area contributed by atoms with E-state index >= 15 is 0 Å². The maximum atomic E-state index is 12.8. The van der Waals surface area contributed by atoms with Gasteiger partial charge in [-0.05, 0) is 42.5 Å². The number of benzene rings is 2. The van der Waals surface area contributed by atoms with Crippen LogP contribution in [0.25, 0.3) is 0 Å². The summed E-state index contributed by atoms with van der Waals surface area (Å²) in [5.41, 5.74) is -0.484. The predicted molar refractivity (Wildman–Crippen MR) is 114 cm³/mol. The molecule has 3 aromatic rings. The van der Waals surface area contributed by atoms with E-state index in [1.807, 2.05) is 20.8 Å². The molecule has 0 bridgehead atoms. The molecule has 0 atom stereocenters. The average molecular weight is 446 g/mol. The third-order valence-electron chi connectivity index (χ3n) is 4.34. The Bertz CT molecular complexity index is 1120. The number of amides is 3. The van der Waals surface area contributed by atoms with Crippen molar-refractivity contribution in [1.82, 2.24) is 5.16 Å². The van der Waals surface area contributed by atoms with E-state index in [0.29, 0.717) is 11.4 Å². The highest BCUT2D eigenvalue weighted by Gasteiger charge is 2.30. The Hall–Kier alpha value is -3.82. The summed E-state index contributed by atoms with van der Waals surface area (Å²) in [5, 5.41) is 11.3. The highest BCUT2D eigenvalue weighted by molar-refractivity contribution is 6.05. The van der Waals surface area contributed by atoms with Crippen LogP contribution in [0, 0.1) is 0 Å². The van der Waals surface area contributed by atoms with Crippen molar-refractivity contribution in [1.29, 1.82) is 0 Å². The highest BCUT2D eigenvalue weighted by atomic mass is 19.4. The molecule has 0 aliphatic rings. The summed E-state index contributed by atoms with van der Waals surface area (Å²) in [5.74, 6) is 0.283. The van der Waals surface area contributed by atoms with Gasteiger partial charge in [0.15, 0.2) is 5.82 Å². The molecule has 0 spiro atoms. The molecular formula is C22H21F3N4O3. The van der Waals surface area contributed by atoms with E-state index in [0.717, 1.165) is 12.1 Å². The zero-order valence-corrected chi connectivity index (χ0v) is 17.5. The first kappa shape index (κ1) is 22.9. The molecule has 0 aliphatic heterocycles. The van der Waals surface area contributed by atoms with Gasteiger partial charge in [0.2, 0.25) is 0 Å². The minimum atomic E-state index is -4.51. The maximum Gasteiger partial charge on any atom is 0.416 e. The summed E-state index contributed by atoms with van der Waals surface area (Å²) in [4.78, 5) is 24.5. The lowest BCUT2D eigenvalue weighted by Crippen LogP contribution is -2.20. The second-order valence-electron chi connectivity index (χ2n) is 8.02. The molecule has 168 valence electrons. The number of anilines is 3. The molecule has 3 N–H and O–H groups in total. The third kappa shape index (κ3) is 5.87. The van der Waals surface area contributed by atoms with E-state index in [1.54, 1.807) is 6.07 Å². The number of urea groups is 1. The molecule has 1 aromatic heterocycles. The van der Waals surface area contributed by atoms with Gasteiger partial charge >= 0.3 is 12.2 Å². The predicted octanol–water partition coefficient (Wildman–Crippen LogP) is 5.89. The zero-order valence-electron chi connectivity index (χ0n) is 17.5. The number of hydrogen-bond acceptors (Lipinski definition) is 4. The van der Waals surface area contributed by atoms with Crippen molar-refractivity contribution in [3.63, 3.8) is 0 Å². The Kier molecular flexibility index (Phi) is 6.24. The first-order valence-electron chi connectivity index (χ1n) is 9.56. The van der Waals surface area contributed by atoms with E-state index < -0.39 is 23.7 Å². The SMILES string of the molecule is CC(C)(C)c1cc(NC(=O)Nc2ccc(C(=O)Nc3cccc(C(F)(F)F)c3)cc2)no1. The van der Waals surface area contributed by atoms with Crippen LogP contribution in [-0.2, 0) is 11.6 Å². The summed E-state index contributed by atoms with van der Waals surface area (Å²) in [6.07, 6.45) is -4.51. The first-order valence-corrected chi connectivity index (χ1v) is 9.56. The van der Waals surface area contributed by atoms with Crippen LogP contribution < -0.4 is 16.0 Å². The Labute approximate surface area is 182 Å². The van der Waals surface area contributed by atoms with Gasteiger partial charge in [0, 0.05) is 28.4 Å². The molecular weight excluding hydrogens is 425 g/mol. The second-order valence-corrected chi connectivity index (χ2v) is 8.02. The van der Waals surface area contributed by atoms with E-state index in [4.69, 9.17) is 4.52 Å². The van der Waals surface area contributed by atoms with E-state index in [1.165, 1.54) is 36.4 Å². The number of nitrogens with zero attached hydrogens (tertiary/aromatic N) is 1. The van der Waals surface area contributed by atoms with Crippen molar-refractivity contribution in [3.8, 4) is 0 Å². The van der Waals surface area contributed by atoms with Gasteiger partial charge in [-0.1, -0.05) is 32.0 Å². The maximum absolute atomic E-state index is 12.8. The standard InChI is InChI=1S/C22H21F3N4O3/c1-21(2,3)17-12-18(29-32-17)28-20(31)27-15-9-7-13(8-10-15)19(30)26-16-6-4-5-14(11-16)22(23,24)25/h4-12H,1-3H3,(H,26,30)(H2,27,28,29,31). The molecule has 3 amide bonds. The normalized spacial score (nSPS) is 11.7. The fourth-order valence-corrected chi connectivity index (χ4v) is 2.65. The van der Waals surface area contributed by atoms with Crippen LogP contribution in [0.4, 0.5) is 35.2 Å². The van der Waals surface area contributed by atoms with Gasteiger partial charge in [-0.25, -0.2) is 4.79 Å². The lowest BCUT2D eigenvalue weighted by atomic mass is 9.93. The molecule has 0 aliphatic carbocycles. The molecule has 0 fully saturated rings. The van der Waals surface area contributed by atoms with E-state index in [-0.39, 0.29) is 22.5 Å². The lowest BCUT2D eigenvalue weighted by molar-refractivity contribution is -0.137. The Morgan fingerprint density at radius 2 is 1.56 bits per heavy atom. The van der Waals surface area contributed by atoms with Crippen molar-refractivity contribution < 1.29 is 27.3 Å². The van der Waals surface area contributed by atoms with Crippen molar-refractivity contribution >= 4 is 29.1 Å². The van der Waals surface area contributed by atoms with Gasteiger partial charge in [0.05, 0.1) is 5.56 Å². The number of carbonyl (C=O) groups is 2. The minimum Gasteiger partial charge on any atom is -0.359 e. The van der Waals surface area contributed by atoms with Crippen LogP contribution in [0.15, 0.2) is 59.1 Å². The molecule has 32 heavy (non-hydrogen) atoms. The quantitative estimate of drug-likeness (QED) is 0.466. The van der Waals surface area contributed by atoms with Gasteiger partial charge in [-0.3, -0.25) is 10.1 Å². The number of alkyl halides is 3. The molecule has 0 unspecified atom stereocenters. The highest BCUT2D eigenvalue weighted by Crippen LogP contribution is 2.30. The van der Waals surface area contributed by atoms with Crippen LogP contribution in [0.5, 0.6) is 0 Å². The largest absolute Gasteiger partial charge is 0.416 e. The number of aromatic nitrogens is 1. The van der Waals surface area contributed by atoms with Crippen LogP contribution in [0.2, 0.25) is 0 Å². The summed E-state index contributed by atoms with van der Waals surface area (Å²) < 4.78 is 43.6. The third-order valence-corrected chi connectivity index (χ3v) is 4.34. The van der Waals surface area contributed by atoms with Crippen LogP contribution in [0.3, 0.4) is 0 Å². The monoisotopic (exact) mass is 446 g/mol. The molecule has 0 radical (unpaired) electrons. The van der Waals surface area contributed by atoms with Gasteiger partial charge < -0.3 is 15.2 Å². The van der Waals surface area contributed by atoms with Crippen LogP contribution in [0.1, 0.15) is 42.5 Å². The minimum absolute atomic E-state index is 0.0219. The molecule has 7 nitrogen and oxygen atoms in total. The van der Waals surface area contributed by atoms with Gasteiger partial charge in [-0.2, -0.15) is 13.2 Å². The Morgan fingerprint density at radius 3 is 2.16 bits per heavy atom. The van der Waals surface area contributed by atoms with Crippen molar-refractivity contribution in [2.45, 2.75) is 32.4 Å². The fraction of sp³-hybridized carbons (Fsp3) is 0.227. The molecule has 1 heterocycles. The number of carbonyl (C=O) groups excluding carboxylic acids is 2. The van der Waals surface area contributed by atoms with E-state index in [2.05, 4.69) is 21.1 Å². The Balaban J connectivity index is 1.59. The van der Waals surface area contributed by atoms with Crippen molar-refractivity contribution in [2.75, 3.05) is 16.0 Å². The number of halogens is 3. The van der Waals surface area contributed by atoms with Crippen molar-refractivity contribution in [2.24, 2.45) is 0 Å². The Morgan fingerprint density at radius 1 is 0.875 bits per heavy atom. The molecule has 10 heteroatoms. The average Bonchev–Trinajstić information content (AvgIpc) is 3.17. The van der Waals surface area contributed by atoms with Gasteiger partial charge in [0.25, 0.3) is 5.91 Å². The number of nitrogens with one attached hydrogen (secondary N) is 3. The summed E-state index contributed by atoms with van der Waals surface area (Å²) in [7, 11) is 0. The smallest absolute Gasteiger partial charge is 0.359 e. The molecule has 3 rings (SSSR count). The number of hydrogen-bond donors (Lipinski definition) is 3. The van der Waals surface area contributed by atoms with Gasteiger partial charge in [-0.15, -0.1) is 0 Å². The van der Waals surface area contributed by atoms with E-state index in [9.17, 15) is 22.8 Å². The zero-order chi connectivity index (χ0) is 23.5. The first-order chi connectivity index (χ1) is 14.9. The molecule has 0 saturated carbocycles. The fourth-order valence-electron chi connectivity index (χ4n) is 2.65. The summed E-state index contributed by atoms with van der Waals surface area (Å²) in [6, 6.07) is 11.3. The van der Waals surface area contributed by atoms with Gasteiger partial charge in [0.1, 0.15) is 5.76 Å². The number of rotatable bonds is 4. The van der Waals surface area contributed by atoms with Crippen molar-refractivity contribution in [3.05, 3.63) is 71.5 Å². The summed E-state index contributed by atoms with van der Waals surface area (Å²) >= 11 is 0. The second kappa shape index (κ2) is 8.74. The summed E-state index contributed by atoms with van der Waals surface area (Å²) in [6.45, 7) is 5.84.